The summed E-state index contributed by atoms with van der Waals surface area (Å²) in [6.07, 6.45) is 3.54. The van der Waals surface area contributed by atoms with Gasteiger partial charge in [0.25, 0.3) is 0 Å². The van der Waals surface area contributed by atoms with Crippen molar-refractivity contribution in [1.29, 1.82) is 0 Å². The Morgan fingerprint density at radius 2 is 2.38 bits per heavy atom. The molecule has 2 aliphatic heterocycles. The molecule has 4 heteroatoms. The molecule has 2 rings (SSSR count). The Labute approximate surface area is 78.0 Å². The van der Waals surface area contributed by atoms with Crippen molar-refractivity contribution in [2.75, 3.05) is 19.7 Å². The van der Waals surface area contributed by atoms with Crippen LogP contribution in [0.1, 0.15) is 19.3 Å². The van der Waals surface area contributed by atoms with Crippen LogP contribution in [0.15, 0.2) is 0 Å². The van der Waals surface area contributed by atoms with E-state index in [1.807, 2.05) is 0 Å². The van der Waals surface area contributed by atoms with Crippen LogP contribution >= 0.6 is 0 Å². The molecule has 13 heavy (non-hydrogen) atoms. The van der Waals surface area contributed by atoms with E-state index in [-0.39, 0.29) is 11.9 Å². The summed E-state index contributed by atoms with van der Waals surface area (Å²) in [4.78, 5) is 11.4. The summed E-state index contributed by atoms with van der Waals surface area (Å²) < 4.78 is 5.07. The monoisotopic (exact) mass is 184 g/mol. The lowest BCUT2D eigenvalue weighted by molar-refractivity contribution is -0.122. The quantitative estimate of drug-likeness (QED) is 0.589. The molecule has 2 saturated heterocycles. The predicted molar refractivity (Wildman–Crippen MR) is 48.4 cm³/mol. The van der Waals surface area contributed by atoms with Crippen molar-refractivity contribution in [2.24, 2.45) is 0 Å². The van der Waals surface area contributed by atoms with Crippen LogP contribution in [0.3, 0.4) is 0 Å². The summed E-state index contributed by atoms with van der Waals surface area (Å²) >= 11 is 0. The normalized spacial score (nSPS) is 33.7. The molecule has 0 bridgehead atoms. The molecule has 0 spiro atoms. The van der Waals surface area contributed by atoms with Crippen LogP contribution in [-0.4, -0.2) is 37.7 Å². The van der Waals surface area contributed by atoms with Crippen molar-refractivity contribution < 1.29 is 9.53 Å². The number of amides is 1. The third kappa shape index (κ3) is 2.67. The molecule has 2 heterocycles. The maximum atomic E-state index is 11.4. The molecule has 0 aromatic heterocycles. The van der Waals surface area contributed by atoms with Crippen molar-refractivity contribution in [3.8, 4) is 0 Å². The van der Waals surface area contributed by atoms with Gasteiger partial charge in [0.15, 0.2) is 0 Å². The van der Waals surface area contributed by atoms with Gasteiger partial charge in [-0.05, 0) is 19.3 Å². The Hall–Kier alpha value is -0.610. The average Bonchev–Trinajstić information content (AvgIpc) is 2.90. The number of ether oxygens (including phenoxy) is 1. The van der Waals surface area contributed by atoms with E-state index in [0.717, 1.165) is 39.0 Å². The van der Waals surface area contributed by atoms with Gasteiger partial charge in [-0.2, -0.15) is 0 Å². The largest absolute Gasteiger partial charge is 0.372 e. The predicted octanol–water partition coefficient (Wildman–Crippen LogP) is -0.356. The van der Waals surface area contributed by atoms with Gasteiger partial charge in [-0.3, -0.25) is 4.79 Å². The number of epoxide rings is 1. The molecule has 2 aliphatic rings. The first-order valence-corrected chi connectivity index (χ1v) is 4.99. The number of carbonyl (C=O) groups excluding carboxylic acids is 1. The third-order valence-electron chi connectivity index (χ3n) is 2.53. The highest BCUT2D eigenvalue weighted by Crippen LogP contribution is 2.09. The molecule has 0 aromatic carbocycles. The smallest absolute Gasteiger partial charge is 0.237 e. The Kier molecular flexibility index (Phi) is 2.80. The summed E-state index contributed by atoms with van der Waals surface area (Å²) in [6.45, 7) is 2.50. The molecule has 0 radical (unpaired) electrons. The van der Waals surface area contributed by atoms with Crippen LogP contribution in [0.25, 0.3) is 0 Å². The number of nitrogens with one attached hydrogen (secondary N) is 2. The molecule has 4 nitrogen and oxygen atoms in total. The SMILES string of the molecule is O=C1NCCCCC1NCC1CO1. The standard InChI is InChI=1S/C9H16N2O2/c12-9-8(3-1-2-4-10-9)11-5-7-6-13-7/h7-8,11H,1-6H2,(H,10,12). The van der Waals surface area contributed by atoms with E-state index < -0.39 is 0 Å². The zero-order valence-electron chi connectivity index (χ0n) is 7.71. The molecule has 0 aliphatic carbocycles. The maximum Gasteiger partial charge on any atom is 0.237 e. The molecular formula is C9H16N2O2. The van der Waals surface area contributed by atoms with Gasteiger partial charge in [-0.25, -0.2) is 0 Å². The van der Waals surface area contributed by atoms with Gasteiger partial charge in [-0.15, -0.1) is 0 Å². The zero-order chi connectivity index (χ0) is 9.10. The molecule has 0 saturated carbocycles. The minimum atomic E-state index is 0.00620. The summed E-state index contributed by atoms with van der Waals surface area (Å²) in [5.41, 5.74) is 0. The first-order valence-electron chi connectivity index (χ1n) is 4.99. The molecule has 74 valence electrons. The van der Waals surface area contributed by atoms with Crippen LogP contribution in [0, 0.1) is 0 Å². The number of hydrogen-bond acceptors (Lipinski definition) is 3. The van der Waals surface area contributed by atoms with Crippen molar-refractivity contribution in [3.63, 3.8) is 0 Å². The first kappa shape index (κ1) is 8.97. The third-order valence-corrected chi connectivity index (χ3v) is 2.53. The molecule has 2 fully saturated rings. The van der Waals surface area contributed by atoms with Gasteiger partial charge in [0.1, 0.15) is 0 Å². The van der Waals surface area contributed by atoms with E-state index in [9.17, 15) is 4.79 Å². The number of rotatable bonds is 3. The Morgan fingerprint density at radius 3 is 3.15 bits per heavy atom. The fourth-order valence-electron chi connectivity index (χ4n) is 1.59. The zero-order valence-corrected chi connectivity index (χ0v) is 7.71. The second-order valence-corrected chi connectivity index (χ2v) is 3.70. The van der Waals surface area contributed by atoms with E-state index in [2.05, 4.69) is 10.6 Å². The summed E-state index contributed by atoms with van der Waals surface area (Å²) in [5.74, 6) is 0.151. The van der Waals surface area contributed by atoms with Gasteiger partial charge in [0.2, 0.25) is 5.91 Å². The van der Waals surface area contributed by atoms with Crippen LogP contribution in [-0.2, 0) is 9.53 Å². The van der Waals surface area contributed by atoms with Gasteiger partial charge in [0.05, 0.1) is 18.8 Å². The first-order chi connectivity index (χ1) is 6.36. The topological polar surface area (TPSA) is 53.7 Å². The van der Waals surface area contributed by atoms with Crippen molar-refractivity contribution in [1.82, 2.24) is 10.6 Å². The van der Waals surface area contributed by atoms with E-state index >= 15 is 0 Å². The lowest BCUT2D eigenvalue weighted by Crippen LogP contribution is -2.44. The van der Waals surface area contributed by atoms with Crippen molar-refractivity contribution in [2.45, 2.75) is 31.4 Å². The lowest BCUT2D eigenvalue weighted by atomic mass is 10.1. The van der Waals surface area contributed by atoms with Gasteiger partial charge < -0.3 is 15.4 Å². The van der Waals surface area contributed by atoms with Gasteiger partial charge in [0, 0.05) is 13.1 Å². The van der Waals surface area contributed by atoms with Crippen molar-refractivity contribution in [3.05, 3.63) is 0 Å². The minimum Gasteiger partial charge on any atom is -0.372 e. The Bertz CT molecular complexity index is 192. The molecule has 0 aromatic rings. The molecule has 1 amide bonds. The fraction of sp³-hybridized carbons (Fsp3) is 0.889. The highest BCUT2D eigenvalue weighted by atomic mass is 16.6. The van der Waals surface area contributed by atoms with Crippen molar-refractivity contribution >= 4 is 5.91 Å². The van der Waals surface area contributed by atoms with Crippen LogP contribution in [0.5, 0.6) is 0 Å². The van der Waals surface area contributed by atoms with E-state index in [0.29, 0.717) is 6.10 Å². The van der Waals surface area contributed by atoms with E-state index in [4.69, 9.17) is 4.74 Å². The average molecular weight is 184 g/mol. The highest BCUT2D eigenvalue weighted by Gasteiger charge is 2.26. The second-order valence-electron chi connectivity index (χ2n) is 3.70. The van der Waals surface area contributed by atoms with Gasteiger partial charge in [-0.1, -0.05) is 0 Å². The second kappa shape index (κ2) is 4.07. The summed E-state index contributed by atoms with van der Waals surface area (Å²) in [6, 6.07) is 0.00620. The van der Waals surface area contributed by atoms with Crippen LogP contribution in [0.2, 0.25) is 0 Å². The number of hydrogen-bond donors (Lipinski definition) is 2. The fourth-order valence-corrected chi connectivity index (χ4v) is 1.59. The Morgan fingerprint density at radius 1 is 1.54 bits per heavy atom. The molecule has 2 atom stereocenters. The molecular weight excluding hydrogens is 168 g/mol. The lowest BCUT2D eigenvalue weighted by Gasteiger charge is -2.13. The van der Waals surface area contributed by atoms with E-state index in [1.54, 1.807) is 0 Å². The molecule has 2 unspecified atom stereocenters. The van der Waals surface area contributed by atoms with Crippen LogP contribution < -0.4 is 10.6 Å². The Balaban J connectivity index is 1.76. The maximum absolute atomic E-state index is 11.4. The minimum absolute atomic E-state index is 0.00620. The van der Waals surface area contributed by atoms with Crippen LogP contribution in [0.4, 0.5) is 0 Å². The number of carbonyl (C=O) groups is 1. The van der Waals surface area contributed by atoms with Gasteiger partial charge >= 0.3 is 0 Å². The summed E-state index contributed by atoms with van der Waals surface area (Å²) in [7, 11) is 0. The molecule has 2 N–H and O–H groups in total. The highest BCUT2D eigenvalue weighted by molar-refractivity contribution is 5.81. The van der Waals surface area contributed by atoms with E-state index in [1.165, 1.54) is 0 Å². The summed E-state index contributed by atoms with van der Waals surface area (Å²) in [5, 5.41) is 6.13.